The minimum absolute atomic E-state index is 0.214. The van der Waals surface area contributed by atoms with Gasteiger partial charge in [0.05, 0.1) is 4.92 Å². The lowest BCUT2D eigenvalue weighted by molar-refractivity contribution is -0.384. The van der Waals surface area contributed by atoms with E-state index < -0.39 is 0 Å². The fourth-order valence-electron chi connectivity index (χ4n) is 2.10. The molecule has 1 aliphatic heterocycles. The third-order valence-electron chi connectivity index (χ3n) is 2.97. The van der Waals surface area contributed by atoms with Gasteiger partial charge in [-0.15, -0.1) is 0 Å². The molecule has 0 N–H and O–H groups in total. The first kappa shape index (κ1) is 13.7. The summed E-state index contributed by atoms with van der Waals surface area (Å²) in [6.45, 7) is 3.91. The summed E-state index contributed by atoms with van der Waals surface area (Å²) >= 11 is 5.25. The Hall–Kier alpha value is -0.750. The maximum absolute atomic E-state index is 11.2. The normalized spacial score (nSPS) is 19.9. The summed E-state index contributed by atoms with van der Waals surface area (Å²) in [7, 11) is 0. The number of anilines is 1. The summed E-state index contributed by atoms with van der Waals surface area (Å²) in [5.41, 5.74) is 1.90. The second-order valence-corrected chi connectivity index (χ2v) is 6.45. The van der Waals surface area contributed by atoms with Crippen molar-refractivity contribution in [1.29, 1.82) is 0 Å². The lowest BCUT2D eigenvalue weighted by Gasteiger charge is -2.32. The highest BCUT2D eigenvalue weighted by molar-refractivity contribution is 9.08. The Balaban J connectivity index is 2.33. The maximum atomic E-state index is 11.2. The Labute approximate surface area is 119 Å². The quantitative estimate of drug-likeness (QED) is 0.484. The molecule has 1 heterocycles. The Kier molecular flexibility index (Phi) is 4.50. The second kappa shape index (κ2) is 5.93. The van der Waals surface area contributed by atoms with Gasteiger partial charge >= 0.3 is 0 Å². The van der Waals surface area contributed by atoms with Gasteiger partial charge in [0, 0.05) is 35.5 Å². The second-order valence-electron chi connectivity index (χ2n) is 4.34. The molecule has 0 bridgehead atoms. The van der Waals surface area contributed by atoms with E-state index in [0.717, 1.165) is 30.1 Å². The molecule has 98 valence electrons. The summed E-state index contributed by atoms with van der Waals surface area (Å²) in [5.74, 6) is 1.03. The number of rotatable bonds is 3. The summed E-state index contributed by atoms with van der Waals surface area (Å²) in [6.07, 6.45) is 0. The highest BCUT2D eigenvalue weighted by Crippen LogP contribution is 2.32. The lowest BCUT2D eigenvalue weighted by atomic mass is 10.1. The van der Waals surface area contributed by atoms with Crippen LogP contribution in [0.25, 0.3) is 0 Å². The Morgan fingerprint density at radius 3 is 3.00 bits per heavy atom. The van der Waals surface area contributed by atoms with Gasteiger partial charge in [0.2, 0.25) is 0 Å². The molecule has 0 spiro atoms. The fourth-order valence-corrected chi connectivity index (χ4v) is 3.47. The molecule has 4 nitrogen and oxygen atoms in total. The predicted octanol–water partition coefficient (Wildman–Crippen LogP) is 3.43. The smallest absolute Gasteiger partial charge is 0.292 e. The number of nitro groups is 1. The van der Waals surface area contributed by atoms with Crippen molar-refractivity contribution in [2.45, 2.75) is 17.5 Å². The zero-order valence-corrected chi connectivity index (χ0v) is 12.5. The molecule has 0 saturated carbocycles. The number of thioether (sulfide) groups is 1. The number of nitrogens with zero attached hydrogens (tertiary/aromatic N) is 2. The molecule has 1 fully saturated rings. The van der Waals surface area contributed by atoms with E-state index in [4.69, 9.17) is 0 Å². The van der Waals surface area contributed by atoms with E-state index in [1.54, 1.807) is 6.07 Å². The van der Waals surface area contributed by atoms with Crippen molar-refractivity contribution in [3.63, 3.8) is 0 Å². The number of halogens is 1. The minimum atomic E-state index is -0.284. The zero-order chi connectivity index (χ0) is 13.1. The van der Waals surface area contributed by atoms with Crippen molar-refractivity contribution in [3.05, 3.63) is 33.9 Å². The Bertz CT molecular complexity index is 456. The zero-order valence-electron chi connectivity index (χ0n) is 10.1. The van der Waals surface area contributed by atoms with Gasteiger partial charge in [-0.2, -0.15) is 11.8 Å². The molecule has 18 heavy (non-hydrogen) atoms. The van der Waals surface area contributed by atoms with Crippen LogP contribution in [0.1, 0.15) is 12.5 Å². The van der Waals surface area contributed by atoms with Gasteiger partial charge in [-0.25, -0.2) is 0 Å². The summed E-state index contributed by atoms with van der Waals surface area (Å²) in [5, 5.41) is 12.3. The molecule has 1 saturated heterocycles. The van der Waals surface area contributed by atoms with Crippen LogP contribution in [-0.4, -0.2) is 29.0 Å². The number of hydrogen-bond donors (Lipinski definition) is 0. The van der Waals surface area contributed by atoms with E-state index in [1.807, 2.05) is 23.9 Å². The van der Waals surface area contributed by atoms with Crippen molar-refractivity contribution in [2.75, 3.05) is 23.7 Å². The van der Waals surface area contributed by atoms with E-state index in [2.05, 4.69) is 27.8 Å². The van der Waals surface area contributed by atoms with Crippen LogP contribution >= 0.6 is 27.7 Å². The van der Waals surface area contributed by atoms with E-state index in [1.165, 1.54) is 0 Å². The van der Waals surface area contributed by atoms with Crippen LogP contribution in [-0.2, 0) is 5.33 Å². The van der Waals surface area contributed by atoms with Gasteiger partial charge in [0.1, 0.15) is 5.69 Å². The molecule has 1 atom stereocenters. The molecule has 0 aromatic heterocycles. The molecule has 1 aromatic rings. The van der Waals surface area contributed by atoms with Crippen molar-refractivity contribution in [2.24, 2.45) is 0 Å². The standard InChI is InChI=1S/C12H15BrN2O2S/c1-9-8-14(4-5-18-9)11-3-2-10(7-13)6-12(11)15(16)17/h2-3,6,9H,4-5,7-8H2,1H3. The number of alkyl halides is 1. The average molecular weight is 331 g/mol. The van der Waals surface area contributed by atoms with E-state index in [0.29, 0.717) is 10.6 Å². The molecule has 1 unspecified atom stereocenters. The van der Waals surface area contributed by atoms with Gasteiger partial charge in [0.25, 0.3) is 5.69 Å². The lowest BCUT2D eigenvalue weighted by Crippen LogP contribution is -2.36. The first-order chi connectivity index (χ1) is 8.61. The molecule has 0 amide bonds. The first-order valence-electron chi connectivity index (χ1n) is 5.81. The van der Waals surface area contributed by atoms with E-state index in [-0.39, 0.29) is 10.6 Å². The van der Waals surface area contributed by atoms with Crippen LogP contribution in [0.15, 0.2) is 18.2 Å². The van der Waals surface area contributed by atoms with Crippen molar-refractivity contribution < 1.29 is 4.92 Å². The third kappa shape index (κ3) is 2.98. The predicted molar refractivity (Wildman–Crippen MR) is 79.9 cm³/mol. The first-order valence-corrected chi connectivity index (χ1v) is 7.98. The molecular formula is C12H15BrN2O2S. The average Bonchev–Trinajstić information content (AvgIpc) is 2.38. The maximum Gasteiger partial charge on any atom is 0.292 e. The van der Waals surface area contributed by atoms with Gasteiger partial charge in [-0.3, -0.25) is 10.1 Å². The fraction of sp³-hybridized carbons (Fsp3) is 0.500. The van der Waals surface area contributed by atoms with Crippen LogP contribution in [0.4, 0.5) is 11.4 Å². The molecule has 0 radical (unpaired) electrons. The highest BCUT2D eigenvalue weighted by Gasteiger charge is 2.24. The Morgan fingerprint density at radius 2 is 2.39 bits per heavy atom. The summed E-state index contributed by atoms with van der Waals surface area (Å²) in [6, 6.07) is 5.48. The number of hydrogen-bond acceptors (Lipinski definition) is 4. The van der Waals surface area contributed by atoms with Crippen molar-refractivity contribution in [3.8, 4) is 0 Å². The van der Waals surface area contributed by atoms with Crippen molar-refractivity contribution in [1.82, 2.24) is 0 Å². The van der Waals surface area contributed by atoms with Gasteiger partial charge in [-0.05, 0) is 11.6 Å². The topological polar surface area (TPSA) is 46.4 Å². The summed E-state index contributed by atoms with van der Waals surface area (Å²) in [4.78, 5) is 13.0. The largest absolute Gasteiger partial charge is 0.364 e. The molecule has 1 aliphatic rings. The molecule has 0 aliphatic carbocycles. The van der Waals surface area contributed by atoms with Crippen LogP contribution in [0.3, 0.4) is 0 Å². The van der Waals surface area contributed by atoms with Crippen LogP contribution in [0.2, 0.25) is 0 Å². The third-order valence-corrected chi connectivity index (χ3v) is 4.76. The monoisotopic (exact) mass is 330 g/mol. The molecule has 2 rings (SSSR count). The number of benzene rings is 1. The van der Waals surface area contributed by atoms with E-state index >= 15 is 0 Å². The van der Waals surface area contributed by atoms with E-state index in [9.17, 15) is 10.1 Å². The molecule has 1 aromatic carbocycles. The molecular weight excluding hydrogens is 316 g/mol. The van der Waals surface area contributed by atoms with Crippen molar-refractivity contribution >= 4 is 39.1 Å². The minimum Gasteiger partial charge on any atom is -0.364 e. The van der Waals surface area contributed by atoms with Crippen LogP contribution < -0.4 is 4.90 Å². The van der Waals surface area contributed by atoms with Gasteiger partial charge in [-0.1, -0.05) is 28.9 Å². The highest BCUT2D eigenvalue weighted by atomic mass is 79.9. The Morgan fingerprint density at radius 1 is 1.61 bits per heavy atom. The van der Waals surface area contributed by atoms with Gasteiger partial charge < -0.3 is 4.90 Å². The number of nitro benzene ring substituents is 1. The molecule has 6 heteroatoms. The SMILES string of the molecule is CC1CN(c2ccc(CBr)cc2[N+](=O)[O-])CCS1. The van der Waals surface area contributed by atoms with Gasteiger partial charge in [0.15, 0.2) is 0 Å². The summed E-state index contributed by atoms with van der Waals surface area (Å²) < 4.78 is 0. The van der Waals surface area contributed by atoms with Crippen LogP contribution in [0, 0.1) is 10.1 Å². The van der Waals surface area contributed by atoms with Crippen LogP contribution in [0.5, 0.6) is 0 Å².